The van der Waals surface area contributed by atoms with Gasteiger partial charge in [-0.05, 0) is 29.8 Å². The smallest absolute Gasteiger partial charge is 0.244 e. The van der Waals surface area contributed by atoms with E-state index in [2.05, 4.69) is 16.3 Å². The normalized spacial score (nSPS) is 14.9. The Morgan fingerprint density at radius 1 is 1.09 bits per heavy atom. The molecule has 3 aromatic rings. The van der Waals surface area contributed by atoms with Gasteiger partial charge >= 0.3 is 0 Å². The van der Waals surface area contributed by atoms with E-state index in [0.717, 1.165) is 0 Å². The molecule has 0 saturated heterocycles. The van der Waals surface area contributed by atoms with Crippen molar-refractivity contribution in [1.82, 2.24) is 10.2 Å². The molecule has 1 aromatic heterocycles. The van der Waals surface area contributed by atoms with Crippen LogP contribution in [0.25, 0.3) is 11.3 Å². The topological polar surface area (TPSA) is 115 Å². The molecule has 0 radical (unpaired) electrons. The molecule has 2 aromatic carbocycles. The lowest BCUT2D eigenvalue weighted by Crippen LogP contribution is -2.21. The molecule has 1 aliphatic rings. The van der Waals surface area contributed by atoms with E-state index in [1.165, 1.54) is 21.3 Å². The summed E-state index contributed by atoms with van der Waals surface area (Å²) in [6.45, 7) is 0. The van der Waals surface area contributed by atoms with Crippen molar-refractivity contribution in [2.24, 2.45) is 5.73 Å². The van der Waals surface area contributed by atoms with Gasteiger partial charge < -0.3 is 24.7 Å². The minimum atomic E-state index is -0.638. The lowest BCUT2D eigenvalue weighted by Gasteiger charge is -2.25. The van der Waals surface area contributed by atoms with Gasteiger partial charge in [-0.25, -0.2) is 0 Å². The van der Waals surface area contributed by atoms with Crippen LogP contribution < -0.4 is 24.7 Å². The van der Waals surface area contributed by atoms with E-state index in [4.69, 9.17) is 47.9 Å². The van der Waals surface area contributed by atoms with E-state index >= 15 is 0 Å². The van der Waals surface area contributed by atoms with Crippen molar-refractivity contribution >= 4 is 23.2 Å². The van der Waals surface area contributed by atoms with Gasteiger partial charge in [0.15, 0.2) is 11.5 Å². The van der Waals surface area contributed by atoms with Gasteiger partial charge in [-0.3, -0.25) is 5.10 Å². The van der Waals surface area contributed by atoms with E-state index < -0.39 is 5.92 Å². The quantitative estimate of drug-likeness (QED) is 0.555. The summed E-state index contributed by atoms with van der Waals surface area (Å²) in [6.07, 6.45) is 0. The number of allylic oxidation sites excluding steroid dienone is 1. The molecule has 0 fully saturated rings. The first-order valence-corrected chi connectivity index (χ1v) is 10.1. The van der Waals surface area contributed by atoms with Crippen LogP contribution in [0.3, 0.4) is 0 Å². The number of ether oxygens (including phenoxy) is 4. The van der Waals surface area contributed by atoms with Crippen molar-refractivity contribution in [3.63, 3.8) is 0 Å². The van der Waals surface area contributed by atoms with E-state index in [-0.39, 0.29) is 17.3 Å². The molecule has 4 rings (SSSR count). The van der Waals surface area contributed by atoms with Crippen LogP contribution in [0.4, 0.5) is 0 Å². The summed E-state index contributed by atoms with van der Waals surface area (Å²) in [5.74, 6) is 0.918. The number of methoxy groups -OCH3 is 3. The van der Waals surface area contributed by atoms with Gasteiger partial charge in [0.05, 0.1) is 38.5 Å². The van der Waals surface area contributed by atoms with E-state index in [1.807, 2.05) is 0 Å². The highest BCUT2D eigenvalue weighted by molar-refractivity contribution is 6.35. The molecule has 32 heavy (non-hydrogen) atoms. The summed E-state index contributed by atoms with van der Waals surface area (Å²) in [7, 11) is 4.58. The average molecular weight is 473 g/mol. The lowest BCUT2D eigenvalue weighted by molar-refractivity contribution is 0.324. The molecule has 164 valence electrons. The molecule has 1 aliphatic heterocycles. The van der Waals surface area contributed by atoms with Crippen molar-refractivity contribution in [2.75, 3.05) is 21.3 Å². The monoisotopic (exact) mass is 472 g/mol. The first kappa shape index (κ1) is 21.7. The fraction of sp³-hybridized carbons (Fsp3) is 0.182. The molecule has 0 aliphatic carbocycles. The maximum absolute atomic E-state index is 9.87. The number of fused-ring (bicyclic) bond motifs is 1. The fourth-order valence-corrected chi connectivity index (χ4v) is 4.25. The third-order valence-electron chi connectivity index (χ3n) is 5.17. The molecule has 1 atom stereocenters. The Kier molecular flexibility index (Phi) is 5.78. The predicted molar refractivity (Wildman–Crippen MR) is 119 cm³/mol. The number of nitrogens with two attached hydrogens (primary N) is 1. The standard InChI is InChI=1S/C22H18Cl2N4O4/c1-29-15-6-10(7-16(30-2)20(15)31-3)19-18-17(12-5-4-11(23)8-14(12)24)13(9-25)21(26)32-22(18)28-27-19/h4-8,17H,26H2,1-3H3,(H,27,28)/t17-/m0/s1. The van der Waals surface area contributed by atoms with Gasteiger partial charge in [-0.2, -0.15) is 5.26 Å². The van der Waals surface area contributed by atoms with Crippen molar-refractivity contribution in [3.8, 4) is 40.5 Å². The lowest BCUT2D eigenvalue weighted by atomic mass is 9.83. The number of H-pyrrole nitrogens is 1. The highest BCUT2D eigenvalue weighted by Crippen LogP contribution is 2.49. The maximum Gasteiger partial charge on any atom is 0.244 e. The Labute approximate surface area is 194 Å². The number of nitrogens with zero attached hydrogens (tertiary/aromatic N) is 2. The van der Waals surface area contributed by atoms with Crippen LogP contribution in [0.2, 0.25) is 10.0 Å². The molecule has 0 saturated carbocycles. The second kappa shape index (κ2) is 8.54. The first-order valence-electron chi connectivity index (χ1n) is 9.34. The van der Waals surface area contributed by atoms with Crippen molar-refractivity contribution in [1.29, 1.82) is 5.26 Å². The Hall–Kier alpha value is -3.54. The van der Waals surface area contributed by atoms with E-state index in [1.54, 1.807) is 30.3 Å². The Balaban J connectivity index is 1.98. The minimum absolute atomic E-state index is 0.0426. The number of rotatable bonds is 5. The molecule has 3 N–H and O–H groups in total. The van der Waals surface area contributed by atoms with Gasteiger partial charge in [0.2, 0.25) is 17.5 Å². The van der Waals surface area contributed by atoms with Crippen LogP contribution in [-0.2, 0) is 0 Å². The largest absolute Gasteiger partial charge is 0.493 e. The minimum Gasteiger partial charge on any atom is -0.493 e. The van der Waals surface area contributed by atoms with Crippen LogP contribution in [0.1, 0.15) is 17.0 Å². The summed E-state index contributed by atoms with van der Waals surface area (Å²) in [5, 5.41) is 18.0. The van der Waals surface area contributed by atoms with E-state index in [0.29, 0.717) is 49.7 Å². The number of benzene rings is 2. The van der Waals surface area contributed by atoms with Crippen LogP contribution in [0, 0.1) is 11.3 Å². The molecular formula is C22H18Cl2N4O4. The van der Waals surface area contributed by atoms with Crippen molar-refractivity contribution < 1.29 is 18.9 Å². The van der Waals surface area contributed by atoms with Crippen LogP contribution in [0.15, 0.2) is 41.8 Å². The fourth-order valence-electron chi connectivity index (χ4n) is 3.74. The van der Waals surface area contributed by atoms with Crippen molar-refractivity contribution in [3.05, 3.63) is 63.0 Å². The highest BCUT2D eigenvalue weighted by atomic mass is 35.5. The Morgan fingerprint density at radius 2 is 1.78 bits per heavy atom. The zero-order chi connectivity index (χ0) is 23.0. The number of hydrogen-bond acceptors (Lipinski definition) is 7. The van der Waals surface area contributed by atoms with Crippen molar-refractivity contribution in [2.45, 2.75) is 5.92 Å². The molecule has 0 amide bonds. The predicted octanol–water partition coefficient (Wildman–Crippen LogP) is 4.63. The van der Waals surface area contributed by atoms with Gasteiger partial charge in [0.25, 0.3) is 0 Å². The van der Waals surface area contributed by atoms with Crippen LogP contribution in [-0.4, -0.2) is 31.5 Å². The summed E-state index contributed by atoms with van der Waals surface area (Å²) >= 11 is 12.6. The number of nitriles is 1. The Bertz CT molecular complexity index is 1250. The molecule has 0 bridgehead atoms. The first-order chi connectivity index (χ1) is 15.4. The maximum atomic E-state index is 9.87. The van der Waals surface area contributed by atoms with Gasteiger partial charge in [-0.15, -0.1) is 5.10 Å². The number of nitrogens with one attached hydrogen (secondary N) is 1. The number of aromatic nitrogens is 2. The van der Waals surface area contributed by atoms with Crippen LogP contribution in [0.5, 0.6) is 23.1 Å². The van der Waals surface area contributed by atoms with E-state index in [9.17, 15) is 5.26 Å². The third-order valence-corrected chi connectivity index (χ3v) is 5.73. The molecule has 0 spiro atoms. The summed E-state index contributed by atoms with van der Waals surface area (Å²) in [5.41, 5.74) is 8.73. The van der Waals surface area contributed by atoms with Gasteiger partial charge in [-0.1, -0.05) is 29.3 Å². The average Bonchev–Trinajstić information content (AvgIpc) is 3.20. The molecule has 2 heterocycles. The second-order valence-electron chi connectivity index (χ2n) is 6.82. The molecular weight excluding hydrogens is 455 g/mol. The molecule has 10 heteroatoms. The number of aromatic amines is 1. The highest BCUT2D eigenvalue weighted by Gasteiger charge is 2.37. The Morgan fingerprint density at radius 3 is 2.34 bits per heavy atom. The second-order valence-corrected chi connectivity index (χ2v) is 7.67. The SMILES string of the molecule is COc1cc(-c2[nH]nc3c2[C@@H](c2ccc(Cl)cc2Cl)C(C#N)=C(N)O3)cc(OC)c1OC. The summed E-state index contributed by atoms with van der Waals surface area (Å²) in [6, 6.07) is 10.7. The van der Waals surface area contributed by atoms with Gasteiger partial charge in [0.1, 0.15) is 11.6 Å². The summed E-state index contributed by atoms with van der Waals surface area (Å²) in [4.78, 5) is 0. The van der Waals surface area contributed by atoms with Crippen LogP contribution >= 0.6 is 23.2 Å². The van der Waals surface area contributed by atoms with Gasteiger partial charge in [0, 0.05) is 15.6 Å². The summed E-state index contributed by atoms with van der Waals surface area (Å²) < 4.78 is 22.0. The molecule has 0 unspecified atom stereocenters. The zero-order valence-electron chi connectivity index (χ0n) is 17.3. The molecule has 8 nitrogen and oxygen atoms in total. The number of halogens is 2. The number of hydrogen-bond donors (Lipinski definition) is 2. The zero-order valence-corrected chi connectivity index (χ0v) is 18.8. The third kappa shape index (κ3) is 3.45.